The molecule has 0 amide bonds. The number of hydrogen-bond acceptors (Lipinski definition) is 2. The average molecular weight is 803 g/mol. The van der Waals surface area contributed by atoms with Crippen LogP contribution in [0.25, 0.3) is 87.4 Å². The third-order valence-electron chi connectivity index (χ3n) is 9.32. The Balaban J connectivity index is 0.000000139. The van der Waals surface area contributed by atoms with Crippen molar-refractivity contribution in [2.75, 3.05) is 0 Å². The summed E-state index contributed by atoms with van der Waals surface area (Å²) >= 11 is 0. The molecule has 8 aromatic carbocycles. The Hall–Kier alpha value is -5.73. The van der Waals surface area contributed by atoms with Crippen molar-refractivity contribution in [2.24, 2.45) is 0 Å². The van der Waals surface area contributed by atoms with Gasteiger partial charge in [0, 0.05) is 21.9 Å². The molecule has 0 aliphatic carbocycles. The van der Waals surface area contributed by atoms with Crippen LogP contribution in [0.4, 0.5) is 0 Å². The van der Waals surface area contributed by atoms with E-state index in [1.54, 1.807) is 0 Å². The van der Waals surface area contributed by atoms with Crippen LogP contribution in [-0.4, -0.2) is 9.97 Å². The summed E-state index contributed by atoms with van der Waals surface area (Å²) in [5, 5.41) is 12.5. The van der Waals surface area contributed by atoms with Crippen molar-refractivity contribution < 1.29 is 20.1 Å². The van der Waals surface area contributed by atoms with Crippen LogP contribution in [0.3, 0.4) is 0 Å². The molecule has 2 aromatic heterocycles. The summed E-state index contributed by atoms with van der Waals surface area (Å²) in [4.78, 5) is 9.75. The van der Waals surface area contributed by atoms with E-state index < -0.39 is 0 Å². The van der Waals surface area contributed by atoms with Gasteiger partial charge in [-0.2, -0.15) is 0 Å². The second kappa shape index (κ2) is 13.1. The minimum Gasteiger partial charge on any atom is -0.248 e. The predicted molar refractivity (Wildman–Crippen MR) is 204 cm³/mol. The summed E-state index contributed by atoms with van der Waals surface area (Å²) in [5.41, 5.74) is 6.48. The van der Waals surface area contributed by atoms with Crippen molar-refractivity contribution in [3.63, 3.8) is 0 Å². The Morgan fingerprint density at radius 1 is 0.245 bits per heavy atom. The monoisotopic (exact) mass is 803 g/mol. The zero-order valence-electron chi connectivity index (χ0n) is 26.5. The molecule has 0 aliphatic heterocycles. The molecule has 0 atom stereocenters. The SMILES string of the molecule is [Ir+3].c1ccc2nc(-c3cccc4c3ccc3ccccc34)ccc2c1.c1ccc2nc(-c3cccc4c3ccc3ccccc34)ccc2c1. The number of benzene rings is 8. The molecule has 0 radical (unpaired) electrons. The van der Waals surface area contributed by atoms with Crippen molar-refractivity contribution in [1.29, 1.82) is 0 Å². The Morgan fingerprint density at radius 2 is 0.612 bits per heavy atom. The number of aromatic nitrogens is 2. The molecular formula is C46H30IrN2+3. The van der Waals surface area contributed by atoms with E-state index in [9.17, 15) is 0 Å². The van der Waals surface area contributed by atoms with E-state index in [2.05, 4.69) is 158 Å². The van der Waals surface area contributed by atoms with E-state index in [1.165, 1.54) is 65.0 Å². The molecule has 2 nitrogen and oxygen atoms in total. The molecule has 10 aromatic rings. The Morgan fingerprint density at radius 3 is 1.08 bits per heavy atom. The second-order valence-corrected chi connectivity index (χ2v) is 12.2. The van der Waals surface area contributed by atoms with E-state index in [1.807, 2.05) is 24.3 Å². The van der Waals surface area contributed by atoms with Crippen LogP contribution < -0.4 is 0 Å². The first kappa shape index (κ1) is 30.6. The molecule has 0 N–H and O–H groups in total. The largest absolute Gasteiger partial charge is 3.00 e. The Bertz CT molecular complexity index is 2610. The van der Waals surface area contributed by atoms with Crippen LogP contribution in [0, 0.1) is 0 Å². The van der Waals surface area contributed by atoms with Crippen LogP contribution >= 0.6 is 0 Å². The fourth-order valence-electron chi connectivity index (χ4n) is 6.96. The summed E-state index contributed by atoms with van der Waals surface area (Å²) < 4.78 is 0. The van der Waals surface area contributed by atoms with E-state index in [0.717, 1.165) is 22.4 Å². The van der Waals surface area contributed by atoms with Crippen molar-refractivity contribution in [2.45, 2.75) is 0 Å². The van der Waals surface area contributed by atoms with Crippen molar-refractivity contribution in [1.82, 2.24) is 9.97 Å². The molecule has 230 valence electrons. The Labute approximate surface area is 298 Å². The number of pyridine rings is 2. The first-order chi connectivity index (χ1) is 23.8. The second-order valence-electron chi connectivity index (χ2n) is 12.2. The van der Waals surface area contributed by atoms with Crippen LogP contribution in [-0.2, 0) is 20.1 Å². The van der Waals surface area contributed by atoms with Gasteiger partial charge in [-0.3, -0.25) is 0 Å². The summed E-state index contributed by atoms with van der Waals surface area (Å²) in [6.45, 7) is 0. The summed E-state index contributed by atoms with van der Waals surface area (Å²) in [5.74, 6) is 0. The Kier molecular flexibility index (Phi) is 8.15. The third kappa shape index (κ3) is 5.64. The molecule has 0 saturated carbocycles. The van der Waals surface area contributed by atoms with Crippen LogP contribution in [0.15, 0.2) is 182 Å². The number of hydrogen-bond donors (Lipinski definition) is 0. The van der Waals surface area contributed by atoms with Crippen molar-refractivity contribution >= 4 is 64.9 Å². The maximum atomic E-state index is 4.88. The third-order valence-corrected chi connectivity index (χ3v) is 9.32. The first-order valence-corrected chi connectivity index (χ1v) is 16.3. The molecular weight excluding hydrogens is 773 g/mol. The number of nitrogens with zero attached hydrogens (tertiary/aromatic N) is 2. The van der Waals surface area contributed by atoms with Gasteiger partial charge in [-0.1, -0.05) is 158 Å². The molecule has 2 heterocycles. The molecule has 0 aliphatic rings. The topological polar surface area (TPSA) is 25.8 Å². The van der Waals surface area contributed by atoms with E-state index in [-0.39, 0.29) is 20.1 Å². The normalized spacial score (nSPS) is 11.1. The van der Waals surface area contributed by atoms with Gasteiger partial charge in [0.25, 0.3) is 0 Å². The van der Waals surface area contributed by atoms with E-state index >= 15 is 0 Å². The van der Waals surface area contributed by atoms with Crippen molar-refractivity contribution in [3.05, 3.63) is 182 Å². The van der Waals surface area contributed by atoms with Gasteiger partial charge in [0.2, 0.25) is 0 Å². The molecule has 0 fully saturated rings. The van der Waals surface area contributed by atoms with Gasteiger partial charge in [0.1, 0.15) is 0 Å². The van der Waals surface area contributed by atoms with Gasteiger partial charge >= 0.3 is 20.1 Å². The predicted octanol–water partition coefficient (Wildman–Crippen LogP) is 12.4. The number of fused-ring (bicyclic) bond motifs is 8. The van der Waals surface area contributed by atoms with Crippen LogP contribution in [0.1, 0.15) is 0 Å². The fraction of sp³-hybridized carbons (Fsp3) is 0. The molecule has 0 spiro atoms. The molecule has 0 saturated heterocycles. The number of para-hydroxylation sites is 2. The quantitative estimate of drug-likeness (QED) is 0.163. The van der Waals surface area contributed by atoms with Gasteiger partial charge in [-0.15, -0.1) is 0 Å². The van der Waals surface area contributed by atoms with Gasteiger partial charge < -0.3 is 0 Å². The zero-order valence-corrected chi connectivity index (χ0v) is 28.9. The first-order valence-electron chi connectivity index (χ1n) is 16.3. The maximum Gasteiger partial charge on any atom is 3.00 e. The van der Waals surface area contributed by atoms with E-state index in [4.69, 9.17) is 9.97 Å². The fourth-order valence-corrected chi connectivity index (χ4v) is 6.96. The molecule has 49 heavy (non-hydrogen) atoms. The molecule has 0 unspecified atom stereocenters. The van der Waals surface area contributed by atoms with Crippen LogP contribution in [0.5, 0.6) is 0 Å². The van der Waals surface area contributed by atoms with Gasteiger partial charge in [-0.25, -0.2) is 9.97 Å². The summed E-state index contributed by atoms with van der Waals surface area (Å²) in [7, 11) is 0. The average Bonchev–Trinajstić information content (AvgIpc) is 3.17. The smallest absolute Gasteiger partial charge is 0.248 e. The van der Waals surface area contributed by atoms with Gasteiger partial charge in [-0.05, 0) is 67.4 Å². The van der Waals surface area contributed by atoms with Gasteiger partial charge in [0.05, 0.1) is 22.4 Å². The van der Waals surface area contributed by atoms with E-state index in [0.29, 0.717) is 0 Å². The van der Waals surface area contributed by atoms with Crippen LogP contribution in [0.2, 0.25) is 0 Å². The maximum absolute atomic E-state index is 4.88. The minimum absolute atomic E-state index is 0. The zero-order chi connectivity index (χ0) is 31.9. The summed E-state index contributed by atoms with van der Waals surface area (Å²) in [6.07, 6.45) is 0. The molecule has 10 rings (SSSR count). The molecule has 0 bridgehead atoms. The molecule has 3 heteroatoms. The summed E-state index contributed by atoms with van der Waals surface area (Å²) in [6, 6.07) is 63.9. The van der Waals surface area contributed by atoms with Gasteiger partial charge in [0.15, 0.2) is 0 Å². The standard InChI is InChI=1S/2C23H15N.Ir/c2*1-3-8-18-16(6-1)12-14-20-19(18)9-5-10-21(20)23-15-13-17-7-2-4-11-22(17)24-23;/h2*1-15H;/q;;+3. The van der Waals surface area contributed by atoms with Crippen molar-refractivity contribution in [3.8, 4) is 22.5 Å². The number of rotatable bonds is 2. The minimum atomic E-state index is 0.